The molecule has 0 amide bonds. The van der Waals surface area contributed by atoms with Crippen molar-refractivity contribution in [2.75, 3.05) is 0 Å². The molecule has 2 rings (SSSR count). The summed E-state index contributed by atoms with van der Waals surface area (Å²) in [5, 5.41) is 0. The van der Waals surface area contributed by atoms with Gasteiger partial charge in [-0.1, -0.05) is 17.7 Å². The van der Waals surface area contributed by atoms with Crippen LogP contribution in [0.5, 0.6) is 0 Å². The first kappa shape index (κ1) is 11.4. The Hall–Kier alpha value is -1.11. The number of carbonyl (C=O) groups excluding carboxylic acids is 1. The van der Waals surface area contributed by atoms with E-state index in [1.807, 2.05) is 6.92 Å². The Labute approximate surface area is 97.9 Å². The maximum atomic E-state index is 10.3. The van der Waals surface area contributed by atoms with E-state index in [9.17, 15) is 4.79 Å². The third-order valence-electron chi connectivity index (χ3n) is 3.94. The first-order valence-electron chi connectivity index (χ1n) is 6.18. The molecule has 0 heterocycles. The quantitative estimate of drug-likeness (QED) is 0.396. The van der Waals surface area contributed by atoms with Crippen molar-refractivity contribution in [2.45, 2.75) is 46.0 Å². The van der Waals surface area contributed by atoms with Gasteiger partial charge in [0.25, 0.3) is 0 Å². The highest BCUT2D eigenvalue weighted by Crippen LogP contribution is 2.59. The molecule has 1 saturated carbocycles. The molecular formula is C15H20O. The summed E-state index contributed by atoms with van der Waals surface area (Å²) in [7, 11) is 0. The van der Waals surface area contributed by atoms with Gasteiger partial charge in [0.15, 0.2) is 0 Å². The number of allylic oxidation sites excluding steroid dienone is 6. The summed E-state index contributed by atoms with van der Waals surface area (Å²) in [6.45, 7) is 4.24. The Morgan fingerprint density at radius 3 is 2.69 bits per heavy atom. The SMILES string of the molecule is CC(C=CC1=C(C)CCCC12CC2)=CC=O. The van der Waals surface area contributed by atoms with Crippen molar-refractivity contribution >= 4 is 6.29 Å². The molecule has 0 saturated heterocycles. The van der Waals surface area contributed by atoms with Crippen molar-refractivity contribution in [3.05, 3.63) is 34.9 Å². The first-order valence-corrected chi connectivity index (χ1v) is 6.18. The molecule has 2 aliphatic rings. The second-order valence-corrected chi connectivity index (χ2v) is 5.21. The van der Waals surface area contributed by atoms with Crippen LogP contribution >= 0.6 is 0 Å². The van der Waals surface area contributed by atoms with Crippen LogP contribution in [0, 0.1) is 5.41 Å². The summed E-state index contributed by atoms with van der Waals surface area (Å²) in [5.41, 5.74) is 4.67. The highest BCUT2D eigenvalue weighted by Gasteiger charge is 2.46. The highest BCUT2D eigenvalue weighted by molar-refractivity contribution is 5.67. The normalized spacial score (nSPS) is 24.2. The lowest BCUT2D eigenvalue weighted by Gasteiger charge is -2.25. The van der Waals surface area contributed by atoms with Gasteiger partial charge in [-0.05, 0) is 68.6 Å². The zero-order chi connectivity index (χ0) is 11.6. The smallest absolute Gasteiger partial charge is 0.143 e. The minimum absolute atomic E-state index is 0.528. The third-order valence-corrected chi connectivity index (χ3v) is 3.94. The second kappa shape index (κ2) is 4.40. The Balaban J connectivity index is 2.19. The summed E-state index contributed by atoms with van der Waals surface area (Å²) in [6.07, 6.45) is 13.5. The molecule has 0 atom stereocenters. The van der Waals surface area contributed by atoms with Crippen LogP contribution in [0.15, 0.2) is 34.9 Å². The van der Waals surface area contributed by atoms with Crippen molar-refractivity contribution in [2.24, 2.45) is 5.41 Å². The largest absolute Gasteiger partial charge is 0.299 e. The van der Waals surface area contributed by atoms with E-state index in [2.05, 4.69) is 19.1 Å². The fourth-order valence-electron chi connectivity index (χ4n) is 2.78. The third kappa shape index (κ3) is 2.18. The number of carbonyl (C=O) groups is 1. The molecule has 0 aromatic heterocycles. The molecule has 1 heteroatoms. The molecule has 1 spiro atoms. The van der Waals surface area contributed by atoms with Crippen LogP contribution in [-0.2, 0) is 4.79 Å². The topological polar surface area (TPSA) is 17.1 Å². The summed E-state index contributed by atoms with van der Waals surface area (Å²) in [6, 6.07) is 0. The Morgan fingerprint density at radius 2 is 2.06 bits per heavy atom. The van der Waals surface area contributed by atoms with Gasteiger partial charge in [-0.25, -0.2) is 0 Å². The molecule has 2 aliphatic carbocycles. The van der Waals surface area contributed by atoms with E-state index in [1.165, 1.54) is 32.1 Å². The lowest BCUT2D eigenvalue weighted by Crippen LogP contribution is -2.10. The summed E-state index contributed by atoms with van der Waals surface area (Å²) in [5.74, 6) is 0. The maximum Gasteiger partial charge on any atom is 0.143 e. The predicted molar refractivity (Wildman–Crippen MR) is 67.2 cm³/mol. The molecule has 0 N–H and O–H groups in total. The Kier molecular flexibility index (Phi) is 3.13. The van der Waals surface area contributed by atoms with Crippen LogP contribution in [0.3, 0.4) is 0 Å². The standard InChI is InChI=1S/C15H20O/c1-12(7-11-16)5-6-14-13(2)4-3-8-15(14)9-10-15/h5-7,11H,3-4,8-10H2,1-2H3. The van der Waals surface area contributed by atoms with Crippen LogP contribution in [0.1, 0.15) is 46.0 Å². The summed E-state index contributed by atoms with van der Waals surface area (Å²) in [4.78, 5) is 10.3. The van der Waals surface area contributed by atoms with E-state index in [1.54, 1.807) is 17.2 Å². The molecule has 86 valence electrons. The molecule has 0 unspecified atom stereocenters. The number of hydrogen-bond acceptors (Lipinski definition) is 1. The second-order valence-electron chi connectivity index (χ2n) is 5.21. The van der Waals surface area contributed by atoms with Gasteiger partial charge < -0.3 is 0 Å². The van der Waals surface area contributed by atoms with Crippen molar-refractivity contribution in [3.8, 4) is 0 Å². The van der Waals surface area contributed by atoms with Crippen LogP contribution < -0.4 is 0 Å². The first-order chi connectivity index (χ1) is 7.68. The number of hydrogen-bond donors (Lipinski definition) is 0. The van der Waals surface area contributed by atoms with E-state index < -0.39 is 0 Å². The molecule has 0 aromatic rings. The molecule has 1 nitrogen and oxygen atoms in total. The zero-order valence-electron chi connectivity index (χ0n) is 10.3. The Morgan fingerprint density at radius 1 is 1.31 bits per heavy atom. The van der Waals surface area contributed by atoms with Crippen LogP contribution in [0.4, 0.5) is 0 Å². The molecule has 0 bridgehead atoms. The Bertz CT molecular complexity index is 378. The van der Waals surface area contributed by atoms with Crippen LogP contribution in [0.2, 0.25) is 0 Å². The fourth-order valence-corrected chi connectivity index (χ4v) is 2.78. The van der Waals surface area contributed by atoms with Gasteiger partial charge in [0.2, 0.25) is 0 Å². The molecule has 0 radical (unpaired) electrons. The van der Waals surface area contributed by atoms with Gasteiger partial charge in [-0.3, -0.25) is 4.79 Å². The zero-order valence-corrected chi connectivity index (χ0v) is 10.3. The van der Waals surface area contributed by atoms with E-state index in [-0.39, 0.29) is 0 Å². The average molecular weight is 216 g/mol. The molecule has 1 fully saturated rings. The van der Waals surface area contributed by atoms with Gasteiger partial charge in [0.1, 0.15) is 6.29 Å². The van der Waals surface area contributed by atoms with Gasteiger partial charge in [0, 0.05) is 0 Å². The molecule has 0 aliphatic heterocycles. The fraction of sp³-hybridized carbons (Fsp3) is 0.533. The highest BCUT2D eigenvalue weighted by atomic mass is 16.1. The number of aldehydes is 1. The van der Waals surface area contributed by atoms with E-state index in [0.717, 1.165) is 11.9 Å². The van der Waals surface area contributed by atoms with E-state index >= 15 is 0 Å². The monoisotopic (exact) mass is 216 g/mol. The van der Waals surface area contributed by atoms with Gasteiger partial charge >= 0.3 is 0 Å². The lowest BCUT2D eigenvalue weighted by atomic mass is 9.80. The molecule has 0 aromatic carbocycles. The molecular weight excluding hydrogens is 196 g/mol. The summed E-state index contributed by atoms with van der Waals surface area (Å²) >= 11 is 0. The van der Waals surface area contributed by atoms with Crippen molar-refractivity contribution in [1.82, 2.24) is 0 Å². The minimum atomic E-state index is 0.528. The van der Waals surface area contributed by atoms with Gasteiger partial charge in [-0.15, -0.1) is 0 Å². The number of rotatable bonds is 3. The lowest BCUT2D eigenvalue weighted by molar-refractivity contribution is -0.104. The van der Waals surface area contributed by atoms with Crippen molar-refractivity contribution < 1.29 is 4.79 Å². The predicted octanol–water partition coefficient (Wildman–Crippen LogP) is 3.97. The van der Waals surface area contributed by atoms with E-state index in [4.69, 9.17) is 0 Å². The van der Waals surface area contributed by atoms with Crippen LogP contribution in [-0.4, -0.2) is 6.29 Å². The average Bonchev–Trinajstić information content (AvgIpc) is 2.98. The summed E-state index contributed by atoms with van der Waals surface area (Å²) < 4.78 is 0. The molecule has 16 heavy (non-hydrogen) atoms. The van der Waals surface area contributed by atoms with Crippen LogP contribution in [0.25, 0.3) is 0 Å². The van der Waals surface area contributed by atoms with Gasteiger partial charge in [0.05, 0.1) is 0 Å². The van der Waals surface area contributed by atoms with Crippen molar-refractivity contribution in [3.63, 3.8) is 0 Å². The minimum Gasteiger partial charge on any atom is -0.299 e. The van der Waals surface area contributed by atoms with Crippen molar-refractivity contribution in [1.29, 1.82) is 0 Å². The van der Waals surface area contributed by atoms with E-state index in [0.29, 0.717) is 5.41 Å². The van der Waals surface area contributed by atoms with Gasteiger partial charge in [-0.2, -0.15) is 0 Å². The maximum absolute atomic E-state index is 10.3.